The van der Waals surface area contributed by atoms with Gasteiger partial charge >= 0.3 is 0 Å². The molecular weight excluding hydrogens is 142 g/mol. The Bertz CT molecular complexity index is 172. The highest BCUT2D eigenvalue weighted by Gasteiger charge is 2.03. The first-order valence-electron chi connectivity index (χ1n) is 2.26. The van der Waals surface area contributed by atoms with Gasteiger partial charge in [0.15, 0.2) is 0 Å². The molecule has 0 aliphatic carbocycles. The Kier molecular flexibility index (Phi) is 3.44. The standard InChI is InChI=1S/C4H9NO3S/c1-3-4-9(6,7)5-8-2/h3,5H,1,4H2,2H3. The van der Waals surface area contributed by atoms with Crippen LogP contribution in [0, 0.1) is 0 Å². The van der Waals surface area contributed by atoms with Crippen LogP contribution in [0.5, 0.6) is 0 Å². The summed E-state index contributed by atoms with van der Waals surface area (Å²) in [4.78, 5) is 6.00. The lowest BCUT2D eigenvalue weighted by Crippen LogP contribution is -2.24. The first-order chi connectivity index (χ1) is 4.12. The zero-order valence-corrected chi connectivity index (χ0v) is 5.94. The molecule has 0 aromatic rings. The summed E-state index contributed by atoms with van der Waals surface area (Å²) < 4.78 is 21.0. The molecule has 0 aliphatic rings. The minimum atomic E-state index is -3.27. The maximum absolute atomic E-state index is 10.5. The van der Waals surface area contributed by atoms with Crippen LogP contribution in [-0.4, -0.2) is 21.3 Å². The van der Waals surface area contributed by atoms with E-state index in [0.717, 1.165) is 0 Å². The first kappa shape index (κ1) is 8.61. The van der Waals surface area contributed by atoms with Crippen LogP contribution in [0.2, 0.25) is 0 Å². The van der Waals surface area contributed by atoms with Gasteiger partial charge in [-0.2, -0.15) is 0 Å². The molecule has 0 fully saturated rings. The van der Waals surface area contributed by atoms with Crippen molar-refractivity contribution in [3.63, 3.8) is 0 Å². The van der Waals surface area contributed by atoms with Crippen molar-refractivity contribution in [1.82, 2.24) is 4.89 Å². The summed E-state index contributed by atoms with van der Waals surface area (Å²) >= 11 is 0. The van der Waals surface area contributed by atoms with Gasteiger partial charge in [0.1, 0.15) is 0 Å². The Morgan fingerprint density at radius 1 is 1.78 bits per heavy atom. The highest BCUT2D eigenvalue weighted by molar-refractivity contribution is 7.89. The average molecular weight is 151 g/mol. The summed E-state index contributed by atoms with van der Waals surface area (Å²) in [7, 11) is -2.04. The Balaban J connectivity index is 3.88. The van der Waals surface area contributed by atoms with E-state index >= 15 is 0 Å². The average Bonchev–Trinajstić information content (AvgIpc) is 1.64. The molecule has 9 heavy (non-hydrogen) atoms. The van der Waals surface area contributed by atoms with Crippen LogP contribution in [0.4, 0.5) is 0 Å². The molecule has 0 amide bonds. The zero-order chi connectivity index (χ0) is 7.33. The lowest BCUT2D eigenvalue weighted by molar-refractivity contribution is 0.153. The van der Waals surface area contributed by atoms with Gasteiger partial charge < -0.3 is 0 Å². The van der Waals surface area contributed by atoms with Crippen LogP contribution in [0.25, 0.3) is 0 Å². The fourth-order valence-corrected chi connectivity index (χ4v) is 0.948. The predicted molar refractivity (Wildman–Crippen MR) is 34.1 cm³/mol. The highest BCUT2D eigenvalue weighted by Crippen LogP contribution is 1.81. The predicted octanol–water partition coefficient (Wildman–Crippen LogP) is -0.347. The lowest BCUT2D eigenvalue weighted by atomic mass is 10.8. The third-order valence-corrected chi connectivity index (χ3v) is 1.64. The minimum absolute atomic E-state index is 0.124. The molecule has 0 bridgehead atoms. The fourth-order valence-electron chi connectivity index (χ4n) is 0.316. The van der Waals surface area contributed by atoms with E-state index in [1.807, 2.05) is 4.89 Å². The fraction of sp³-hybridized carbons (Fsp3) is 0.500. The van der Waals surface area contributed by atoms with Gasteiger partial charge in [-0.05, 0) is 0 Å². The number of rotatable bonds is 4. The molecule has 5 heteroatoms. The molecule has 0 aromatic heterocycles. The smallest absolute Gasteiger partial charge is 0.237 e. The van der Waals surface area contributed by atoms with Crippen molar-refractivity contribution >= 4 is 10.0 Å². The van der Waals surface area contributed by atoms with Gasteiger partial charge in [0, 0.05) is 0 Å². The van der Waals surface area contributed by atoms with E-state index in [1.54, 1.807) is 0 Å². The van der Waals surface area contributed by atoms with Crippen LogP contribution < -0.4 is 4.89 Å². The molecule has 0 rings (SSSR count). The summed E-state index contributed by atoms with van der Waals surface area (Å²) in [5.41, 5.74) is 0. The molecule has 0 heterocycles. The van der Waals surface area contributed by atoms with Crippen LogP contribution in [0.1, 0.15) is 0 Å². The van der Waals surface area contributed by atoms with Gasteiger partial charge in [-0.15, -0.1) is 6.58 Å². The molecule has 4 nitrogen and oxygen atoms in total. The Labute approximate surface area is 54.5 Å². The van der Waals surface area contributed by atoms with Gasteiger partial charge in [-0.1, -0.05) is 11.0 Å². The molecule has 54 valence electrons. The van der Waals surface area contributed by atoms with E-state index in [2.05, 4.69) is 11.4 Å². The van der Waals surface area contributed by atoms with Crippen molar-refractivity contribution in [2.45, 2.75) is 0 Å². The van der Waals surface area contributed by atoms with E-state index in [0.29, 0.717) is 0 Å². The normalized spacial score (nSPS) is 11.2. The molecule has 0 aromatic carbocycles. The van der Waals surface area contributed by atoms with E-state index in [9.17, 15) is 8.42 Å². The molecule has 0 saturated carbocycles. The first-order valence-corrected chi connectivity index (χ1v) is 3.91. The van der Waals surface area contributed by atoms with Crippen LogP contribution >= 0.6 is 0 Å². The topological polar surface area (TPSA) is 55.4 Å². The van der Waals surface area contributed by atoms with Crippen LogP contribution in [-0.2, 0) is 14.9 Å². The molecule has 0 saturated heterocycles. The van der Waals surface area contributed by atoms with Crippen molar-refractivity contribution in [2.24, 2.45) is 0 Å². The third kappa shape index (κ3) is 4.14. The molecule has 0 aliphatic heterocycles. The molecule has 1 N–H and O–H groups in total. The molecule has 0 atom stereocenters. The van der Waals surface area contributed by atoms with E-state index < -0.39 is 10.0 Å². The van der Waals surface area contributed by atoms with E-state index in [1.165, 1.54) is 13.2 Å². The second-order valence-corrected chi connectivity index (χ2v) is 3.09. The van der Waals surface area contributed by atoms with E-state index in [-0.39, 0.29) is 5.75 Å². The van der Waals surface area contributed by atoms with Gasteiger partial charge in [0.25, 0.3) is 0 Å². The SMILES string of the molecule is C=CCS(=O)(=O)NOC. The Morgan fingerprint density at radius 2 is 2.33 bits per heavy atom. The summed E-state index contributed by atoms with van der Waals surface area (Å²) in [6.45, 7) is 3.25. The summed E-state index contributed by atoms with van der Waals surface area (Å²) in [6, 6.07) is 0. The summed E-state index contributed by atoms with van der Waals surface area (Å²) in [6.07, 6.45) is 1.28. The molecular formula is C4H9NO3S. The third-order valence-electron chi connectivity index (χ3n) is 0.548. The van der Waals surface area contributed by atoms with Crippen LogP contribution in [0.3, 0.4) is 0 Å². The largest absolute Gasteiger partial charge is 0.290 e. The second-order valence-electron chi connectivity index (χ2n) is 1.36. The van der Waals surface area contributed by atoms with Crippen molar-refractivity contribution in [3.8, 4) is 0 Å². The zero-order valence-electron chi connectivity index (χ0n) is 5.12. The van der Waals surface area contributed by atoms with Gasteiger partial charge in [0.2, 0.25) is 10.0 Å². The van der Waals surface area contributed by atoms with Crippen LogP contribution in [0.15, 0.2) is 12.7 Å². The Morgan fingerprint density at radius 3 is 2.67 bits per heavy atom. The number of hydrogen-bond acceptors (Lipinski definition) is 3. The number of hydrogen-bond donors (Lipinski definition) is 1. The van der Waals surface area contributed by atoms with E-state index in [4.69, 9.17) is 0 Å². The molecule has 0 unspecified atom stereocenters. The quantitative estimate of drug-likeness (QED) is 0.441. The van der Waals surface area contributed by atoms with Gasteiger partial charge in [-0.3, -0.25) is 4.84 Å². The second kappa shape index (κ2) is 3.60. The maximum atomic E-state index is 10.5. The van der Waals surface area contributed by atoms with Crippen molar-refractivity contribution in [1.29, 1.82) is 0 Å². The number of sulfonamides is 1. The molecule has 0 radical (unpaired) electrons. The number of nitrogens with one attached hydrogen (secondary N) is 1. The lowest BCUT2D eigenvalue weighted by Gasteiger charge is -1.98. The maximum Gasteiger partial charge on any atom is 0.237 e. The minimum Gasteiger partial charge on any atom is -0.290 e. The van der Waals surface area contributed by atoms with Crippen molar-refractivity contribution in [3.05, 3.63) is 12.7 Å². The van der Waals surface area contributed by atoms with Crippen molar-refractivity contribution < 1.29 is 13.3 Å². The van der Waals surface area contributed by atoms with Gasteiger partial charge in [0.05, 0.1) is 12.9 Å². The van der Waals surface area contributed by atoms with Crippen molar-refractivity contribution in [2.75, 3.05) is 12.9 Å². The Hall–Kier alpha value is -0.390. The summed E-state index contributed by atoms with van der Waals surface area (Å²) in [5, 5.41) is 0. The summed E-state index contributed by atoms with van der Waals surface area (Å²) in [5.74, 6) is -0.124. The molecule has 0 spiro atoms. The monoisotopic (exact) mass is 151 g/mol. The highest BCUT2D eigenvalue weighted by atomic mass is 32.2. The van der Waals surface area contributed by atoms with Gasteiger partial charge in [-0.25, -0.2) is 8.42 Å².